The van der Waals surface area contributed by atoms with Crippen molar-refractivity contribution in [2.75, 3.05) is 0 Å². The molecule has 1 aromatic heterocycles. The highest BCUT2D eigenvalue weighted by atomic mass is 28.3. The molecule has 1 nitrogen and oxygen atoms in total. The van der Waals surface area contributed by atoms with E-state index in [4.69, 9.17) is 0 Å². The molecule has 0 aliphatic rings. The molecule has 0 unspecified atom stereocenters. The average molecular weight is 327 g/mol. The number of benzene rings is 1. The molecule has 1 aromatic carbocycles. The van der Waals surface area contributed by atoms with E-state index in [9.17, 15) is 0 Å². The smallest absolute Gasteiger partial charge is 0.201 e. The van der Waals surface area contributed by atoms with Crippen LogP contribution in [0.5, 0.6) is 0 Å². The van der Waals surface area contributed by atoms with Gasteiger partial charge in [-0.05, 0) is 43.4 Å². The zero-order chi connectivity index (χ0) is 17.4. The van der Waals surface area contributed by atoms with Crippen molar-refractivity contribution in [3.05, 3.63) is 47.2 Å². The van der Waals surface area contributed by atoms with Gasteiger partial charge in [-0.1, -0.05) is 51.2 Å². The van der Waals surface area contributed by atoms with E-state index in [1.54, 1.807) is 10.8 Å². The summed E-state index contributed by atoms with van der Waals surface area (Å²) in [6.07, 6.45) is 3.57. The molecule has 124 valence electrons. The van der Waals surface area contributed by atoms with Gasteiger partial charge in [0.15, 0.2) is 6.20 Å². The first-order chi connectivity index (χ1) is 10.6. The minimum Gasteiger partial charge on any atom is -0.201 e. The second-order valence-corrected chi connectivity index (χ2v) is 13.4. The second kappa shape index (κ2) is 6.60. The molecule has 1 heterocycles. The normalized spacial score (nSPS) is 12.0. The zero-order valence-corrected chi connectivity index (χ0v) is 17.1. The molecule has 0 aliphatic carbocycles. The Balaban J connectivity index is 2.66. The molecular weight excluding hydrogens is 294 g/mol. The number of hydrogen-bond acceptors (Lipinski definition) is 0. The summed E-state index contributed by atoms with van der Waals surface area (Å²) in [6.45, 7) is 16.4. The summed E-state index contributed by atoms with van der Waals surface area (Å²) in [5.41, 5.74) is 6.92. The van der Waals surface area contributed by atoms with Gasteiger partial charge in [-0.25, -0.2) is 4.57 Å². The molecule has 0 atom stereocenters. The van der Waals surface area contributed by atoms with E-state index in [1.165, 1.54) is 28.8 Å². The maximum Gasteiger partial charge on any atom is 0.212 e. The summed E-state index contributed by atoms with van der Waals surface area (Å²) in [5, 5.41) is 1.60. The summed E-state index contributed by atoms with van der Waals surface area (Å²) in [7, 11) is 0.849. The van der Waals surface area contributed by atoms with Gasteiger partial charge >= 0.3 is 0 Å². The minimum atomic E-state index is -1.34. The van der Waals surface area contributed by atoms with Crippen molar-refractivity contribution >= 4 is 13.3 Å². The SMILES string of the molecule is Cc1ccc(-c2cc(CC(C)C)c([Si](C)(C)C)c[n+]2C)c(C)c1. The fourth-order valence-electron chi connectivity index (χ4n) is 3.34. The maximum absolute atomic E-state index is 2.45. The lowest BCUT2D eigenvalue weighted by Crippen LogP contribution is -2.47. The molecule has 2 aromatic rings. The summed E-state index contributed by atoms with van der Waals surface area (Å²) in [5.74, 6) is 0.685. The minimum absolute atomic E-state index is 0.685. The van der Waals surface area contributed by atoms with Crippen molar-refractivity contribution in [1.82, 2.24) is 0 Å². The first kappa shape index (κ1) is 17.9. The van der Waals surface area contributed by atoms with Gasteiger partial charge in [0.2, 0.25) is 5.69 Å². The van der Waals surface area contributed by atoms with E-state index in [0.29, 0.717) is 5.92 Å². The third-order valence-corrected chi connectivity index (χ3v) is 6.52. The van der Waals surface area contributed by atoms with Crippen LogP contribution in [0, 0.1) is 19.8 Å². The summed E-state index contributed by atoms with van der Waals surface area (Å²) >= 11 is 0. The Labute approximate surface area is 143 Å². The molecule has 0 N–H and O–H groups in total. The Bertz CT molecular complexity index is 709. The largest absolute Gasteiger partial charge is 0.212 e. The Morgan fingerprint density at radius 2 is 1.70 bits per heavy atom. The number of hydrogen-bond donors (Lipinski definition) is 0. The second-order valence-electron chi connectivity index (χ2n) is 8.37. The van der Waals surface area contributed by atoms with Crippen LogP contribution in [0.15, 0.2) is 30.5 Å². The molecule has 0 bridgehead atoms. The van der Waals surface area contributed by atoms with Crippen molar-refractivity contribution in [3.8, 4) is 11.3 Å². The molecule has 0 radical (unpaired) electrons. The van der Waals surface area contributed by atoms with Crippen LogP contribution in [0.1, 0.15) is 30.5 Å². The highest BCUT2D eigenvalue weighted by molar-refractivity contribution is 6.88. The molecule has 0 spiro atoms. The Kier molecular flexibility index (Phi) is 5.15. The van der Waals surface area contributed by atoms with Gasteiger partial charge < -0.3 is 0 Å². The first-order valence-electron chi connectivity index (χ1n) is 8.70. The van der Waals surface area contributed by atoms with E-state index >= 15 is 0 Å². The van der Waals surface area contributed by atoms with Crippen molar-refractivity contribution in [2.45, 2.75) is 53.8 Å². The topological polar surface area (TPSA) is 3.88 Å². The van der Waals surface area contributed by atoms with Gasteiger partial charge in [-0.15, -0.1) is 0 Å². The van der Waals surface area contributed by atoms with Crippen LogP contribution < -0.4 is 9.75 Å². The Morgan fingerprint density at radius 1 is 1.04 bits per heavy atom. The van der Waals surface area contributed by atoms with Crippen molar-refractivity contribution in [3.63, 3.8) is 0 Å². The quantitative estimate of drug-likeness (QED) is 0.574. The third kappa shape index (κ3) is 4.11. The van der Waals surface area contributed by atoms with Crippen LogP contribution in [-0.4, -0.2) is 8.07 Å². The van der Waals surface area contributed by atoms with Crippen LogP contribution in [0.25, 0.3) is 11.3 Å². The highest BCUT2D eigenvalue weighted by Gasteiger charge is 2.26. The van der Waals surface area contributed by atoms with E-state index < -0.39 is 8.07 Å². The van der Waals surface area contributed by atoms with E-state index in [-0.39, 0.29) is 0 Å². The third-order valence-electron chi connectivity index (χ3n) is 4.45. The molecule has 0 fully saturated rings. The molecule has 0 amide bonds. The van der Waals surface area contributed by atoms with Gasteiger partial charge in [0.1, 0.15) is 7.05 Å². The molecule has 2 heteroatoms. The van der Waals surface area contributed by atoms with Gasteiger partial charge in [0, 0.05) is 16.8 Å². The monoisotopic (exact) mass is 326 g/mol. The number of pyridine rings is 1. The zero-order valence-electron chi connectivity index (χ0n) is 16.1. The Hall–Kier alpha value is -1.41. The fourth-order valence-corrected chi connectivity index (χ4v) is 5.06. The average Bonchev–Trinajstić information content (AvgIpc) is 2.39. The molecular formula is C21H32NSi+. The first-order valence-corrected chi connectivity index (χ1v) is 12.2. The summed E-state index contributed by atoms with van der Waals surface area (Å²) in [6, 6.07) is 9.22. The predicted molar refractivity (Wildman–Crippen MR) is 104 cm³/mol. The van der Waals surface area contributed by atoms with Crippen LogP contribution in [0.2, 0.25) is 19.6 Å². The lowest BCUT2D eigenvalue weighted by molar-refractivity contribution is -0.659. The molecule has 2 rings (SSSR count). The maximum atomic E-state index is 2.45. The summed E-state index contributed by atoms with van der Waals surface area (Å²) < 4.78 is 2.33. The van der Waals surface area contributed by atoms with Gasteiger partial charge in [0.05, 0.1) is 8.07 Å². The number of rotatable bonds is 4. The number of nitrogens with zero attached hydrogens (tertiary/aromatic N) is 1. The Morgan fingerprint density at radius 3 is 2.22 bits per heavy atom. The van der Waals surface area contributed by atoms with Crippen LogP contribution >= 0.6 is 0 Å². The van der Waals surface area contributed by atoms with Crippen molar-refractivity contribution in [1.29, 1.82) is 0 Å². The van der Waals surface area contributed by atoms with Gasteiger partial charge in [-0.3, -0.25) is 0 Å². The van der Waals surface area contributed by atoms with Crippen LogP contribution in [-0.2, 0) is 13.5 Å². The van der Waals surface area contributed by atoms with E-state index in [2.05, 4.69) is 89.4 Å². The van der Waals surface area contributed by atoms with Gasteiger partial charge in [-0.2, -0.15) is 0 Å². The number of aromatic nitrogens is 1. The van der Waals surface area contributed by atoms with Crippen molar-refractivity contribution < 1.29 is 4.57 Å². The lowest BCUT2D eigenvalue weighted by atomic mass is 9.98. The predicted octanol–water partition coefficient (Wildman–Crippen LogP) is 4.54. The van der Waals surface area contributed by atoms with Crippen molar-refractivity contribution in [2.24, 2.45) is 13.0 Å². The highest BCUT2D eigenvalue weighted by Crippen LogP contribution is 2.23. The summed E-state index contributed by atoms with van der Waals surface area (Å²) in [4.78, 5) is 0. The van der Waals surface area contributed by atoms with E-state index in [1.807, 2.05) is 0 Å². The van der Waals surface area contributed by atoms with E-state index in [0.717, 1.165) is 0 Å². The lowest BCUT2D eigenvalue weighted by Gasteiger charge is -2.21. The van der Waals surface area contributed by atoms with Crippen LogP contribution in [0.3, 0.4) is 0 Å². The van der Waals surface area contributed by atoms with Gasteiger partial charge in [0.25, 0.3) is 0 Å². The fraction of sp³-hybridized carbons (Fsp3) is 0.476. The van der Waals surface area contributed by atoms with Crippen LogP contribution in [0.4, 0.5) is 0 Å². The number of aryl methyl sites for hydroxylation is 3. The molecule has 0 saturated carbocycles. The molecule has 23 heavy (non-hydrogen) atoms. The molecule has 0 aliphatic heterocycles. The molecule has 0 saturated heterocycles. The standard InChI is InChI=1S/C21H32NSi/c1-15(2)11-18-13-20(19-10-9-16(3)12-17(19)4)22(5)14-21(18)23(6,7)8/h9-10,12-15H,11H2,1-8H3/q+1.